The third-order valence-electron chi connectivity index (χ3n) is 13.3. The van der Waals surface area contributed by atoms with Crippen LogP contribution in [0.25, 0.3) is 44.3 Å². The van der Waals surface area contributed by atoms with E-state index in [1.165, 1.54) is 76.8 Å². The zero-order chi connectivity index (χ0) is 48.4. The van der Waals surface area contributed by atoms with Crippen molar-refractivity contribution in [3.8, 4) is 51.3 Å². The van der Waals surface area contributed by atoms with Crippen molar-refractivity contribution in [1.82, 2.24) is 14.0 Å². The molecular formula is C61H62BrN3O5. The van der Waals surface area contributed by atoms with Crippen molar-refractivity contribution >= 4 is 37.7 Å². The van der Waals surface area contributed by atoms with Crippen LogP contribution in [0, 0.1) is 20.8 Å². The van der Waals surface area contributed by atoms with Crippen LogP contribution in [0.4, 0.5) is 0 Å². The Labute approximate surface area is 420 Å². The molecule has 0 aliphatic carbocycles. The number of ether oxygens (including phenoxy) is 3. The summed E-state index contributed by atoms with van der Waals surface area (Å²) in [6, 6.07) is 55.1. The van der Waals surface area contributed by atoms with Gasteiger partial charge in [-0.25, -0.2) is 0 Å². The lowest BCUT2D eigenvalue weighted by Gasteiger charge is -2.26. The van der Waals surface area contributed by atoms with Gasteiger partial charge in [-0.2, -0.15) is 0 Å². The number of phenolic OH excluding ortho intramolecular Hbond substituents is 2. The van der Waals surface area contributed by atoms with Crippen molar-refractivity contribution in [3.05, 3.63) is 197 Å². The molecule has 70 heavy (non-hydrogen) atoms. The zero-order valence-electron chi connectivity index (χ0n) is 40.4. The van der Waals surface area contributed by atoms with Gasteiger partial charge in [0.05, 0.1) is 18.0 Å². The van der Waals surface area contributed by atoms with Gasteiger partial charge in [0.15, 0.2) is 0 Å². The van der Waals surface area contributed by atoms with E-state index in [2.05, 4.69) is 154 Å². The first-order valence-electron chi connectivity index (χ1n) is 24.4. The number of benzene rings is 7. The first-order chi connectivity index (χ1) is 34.2. The highest BCUT2D eigenvalue weighted by Gasteiger charge is 2.19. The SMILES string of the molecule is Cc1c(-c2ccc(O)cc2)n(Cc2ccc(OCCN3CCCCC3)cc2)c2ccc(O)cc12.Cc1ccc2c(c1)c(C)c(-c1ccc(OCc3ccccc3)cc1)n2Cc1ccc(OCCBr)cc1. The highest BCUT2D eigenvalue weighted by Crippen LogP contribution is 2.38. The summed E-state index contributed by atoms with van der Waals surface area (Å²) in [4.78, 5) is 2.49. The van der Waals surface area contributed by atoms with E-state index in [1.54, 1.807) is 18.2 Å². The third kappa shape index (κ3) is 11.6. The molecule has 2 N–H and O–H groups in total. The fourth-order valence-corrected chi connectivity index (χ4v) is 9.83. The smallest absolute Gasteiger partial charge is 0.119 e. The molecule has 1 saturated heterocycles. The number of piperidine rings is 1. The molecule has 1 aliphatic heterocycles. The Kier molecular flexibility index (Phi) is 15.6. The average molecular weight is 997 g/mol. The minimum atomic E-state index is 0.248. The highest BCUT2D eigenvalue weighted by atomic mass is 79.9. The zero-order valence-corrected chi connectivity index (χ0v) is 42.0. The van der Waals surface area contributed by atoms with Crippen molar-refractivity contribution in [1.29, 1.82) is 0 Å². The van der Waals surface area contributed by atoms with E-state index in [0.717, 1.165) is 75.6 Å². The van der Waals surface area contributed by atoms with Crippen LogP contribution in [0.3, 0.4) is 0 Å². The summed E-state index contributed by atoms with van der Waals surface area (Å²) in [5, 5.41) is 23.0. The van der Waals surface area contributed by atoms with Crippen LogP contribution in [0.1, 0.15) is 52.6 Å². The van der Waals surface area contributed by atoms with Gasteiger partial charge >= 0.3 is 0 Å². The number of fused-ring (bicyclic) bond motifs is 2. The largest absolute Gasteiger partial charge is 0.508 e. The predicted octanol–water partition coefficient (Wildman–Crippen LogP) is 14.3. The number of nitrogens with zero attached hydrogens (tertiary/aromatic N) is 3. The molecule has 8 nitrogen and oxygen atoms in total. The Morgan fingerprint density at radius 1 is 0.486 bits per heavy atom. The Balaban J connectivity index is 0.000000174. The molecule has 3 heterocycles. The maximum atomic E-state index is 10.1. The number of aromatic nitrogens is 2. The number of rotatable bonds is 16. The summed E-state index contributed by atoms with van der Waals surface area (Å²) in [7, 11) is 0. The second kappa shape index (κ2) is 22.7. The molecule has 0 unspecified atom stereocenters. The summed E-state index contributed by atoms with van der Waals surface area (Å²) in [5.41, 5.74) is 14.1. The van der Waals surface area contributed by atoms with Crippen molar-refractivity contribution in [2.24, 2.45) is 0 Å². The molecule has 0 amide bonds. The summed E-state index contributed by atoms with van der Waals surface area (Å²) in [5.74, 6) is 3.18. The number of alkyl halides is 1. The minimum absolute atomic E-state index is 0.248. The van der Waals surface area contributed by atoms with Gasteiger partial charge in [0.2, 0.25) is 0 Å². The number of phenols is 2. The van der Waals surface area contributed by atoms with Crippen molar-refractivity contribution in [2.75, 3.05) is 38.2 Å². The molecule has 0 saturated carbocycles. The normalized spacial score (nSPS) is 12.7. The molecule has 0 spiro atoms. The lowest BCUT2D eigenvalue weighted by atomic mass is 10.1. The standard InChI is InChI=1S/C32H30BrNO2.C29H32N2O3/c1-23-8-17-31-30(20-23)24(2)32(34(31)21-25-9-13-28(14-10-25)35-19-18-33)27-11-15-29(16-12-27)36-22-26-6-4-3-5-7-26;1-21-27-19-25(33)11-14-28(27)31(29(21)23-7-9-24(32)10-8-23)20-22-5-12-26(13-6-22)34-18-17-30-15-3-2-4-16-30/h3-17,20H,18-19,21-22H2,1-2H3;5-14,19,32-33H,2-4,15-18,20H2,1H3. The fraction of sp³-hybridized carbons (Fsp3) is 0.246. The van der Waals surface area contributed by atoms with Crippen LogP contribution in [-0.2, 0) is 19.7 Å². The summed E-state index contributed by atoms with van der Waals surface area (Å²) >= 11 is 3.41. The molecule has 9 heteroatoms. The maximum Gasteiger partial charge on any atom is 0.119 e. The number of aromatic hydroxyl groups is 2. The van der Waals surface area contributed by atoms with E-state index in [4.69, 9.17) is 14.2 Å². The number of hydrogen-bond acceptors (Lipinski definition) is 6. The second-order valence-electron chi connectivity index (χ2n) is 18.3. The third-order valence-corrected chi connectivity index (χ3v) is 13.6. The van der Waals surface area contributed by atoms with Gasteiger partial charge in [-0.1, -0.05) is 88.6 Å². The maximum absolute atomic E-state index is 10.1. The number of hydrogen-bond donors (Lipinski definition) is 2. The van der Waals surface area contributed by atoms with Crippen LogP contribution in [0.2, 0.25) is 0 Å². The predicted molar refractivity (Wildman–Crippen MR) is 289 cm³/mol. The first-order valence-corrected chi connectivity index (χ1v) is 25.5. The van der Waals surface area contributed by atoms with Gasteiger partial charge < -0.3 is 33.6 Å². The van der Waals surface area contributed by atoms with E-state index in [-0.39, 0.29) is 11.5 Å². The van der Waals surface area contributed by atoms with Crippen molar-refractivity contribution in [3.63, 3.8) is 0 Å². The van der Waals surface area contributed by atoms with Gasteiger partial charge in [-0.3, -0.25) is 4.90 Å². The number of aryl methyl sites for hydroxylation is 3. The van der Waals surface area contributed by atoms with Crippen LogP contribution in [0.5, 0.6) is 28.7 Å². The number of halogens is 1. The molecule has 1 aliphatic rings. The van der Waals surface area contributed by atoms with Gasteiger partial charge in [-0.05, 0) is 189 Å². The van der Waals surface area contributed by atoms with Gasteiger partial charge in [0, 0.05) is 46.8 Å². The van der Waals surface area contributed by atoms with Crippen LogP contribution >= 0.6 is 15.9 Å². The summed E-state index contributed by atoms with van der Waals surface area (Å²) < 4.78 is 22.5. The van der Waals surface area contributed by atoms with Crippen LogP contribution < -0.4 is 14.2 Å². The molecule has 10 rings (SSSR count). The Hall–Kier alpha value is -6.94. The van der Waals surface area contributed by atoms with Crippen LogP contribution in [-0.4, -0.2) is 62.4 Å². The monoisotopic (exact) mass is 995 g/mol. The number of likely N-dealkylation sites (tertiary alicyclic amines) is 1. The fourth-order valence-electron chi connectivity index (χ4n) is 9.67. The average Bonchev–Trinajstić information content (AvgIpc) is 3.81. The topological polar surface area (TPSA) is 81.3 Å². The second-order valence-corrected chi connectivity index (χ2v) is 19.1. The molecule has 0 bridgehead atoms. The quantitative estimate of drug-likeness (QED) is 0.0939. The first kappa shape index (κ1) is 48.1. The van der Waals surface area contributed by atoms with Gasteiger partial charge in [0.1, 0.15) is 42.0 Å². The Bertz CT molecular complexity index is 3120. The molecule has 2 aromatic heterocycles. The summed E-state index contributed by atoms with van der Waals surface area (Å²) in [6.07, 6.45) is 3.95. The van der Waals surface area contributed by atoms with Gasteiger partial charge in [0.25, 0.3) is 0 Å². The Morgan fingerprint density at radius 2 is 0.986 bits per heavy atom. The van der Waals surface area contributed by atoms with Gasteiger partial charge in [-0.15, -0.1) is 0 Å². The lowest BCUT2D eigenvalue weighted by Crippen LogP contribution is -2.33. The molecule has 9 aromatic rings. The van der Waals surface area contributed by atoms with E-state index in [1.807, 2.05) is 42.5 Å². The van der Waals surface area contributed by atoms with E-state index in [0.29, 0.717) is 19.8 Å². The van der Waals surface area contributed by atoms with E-state index < -0.39 is 0 Å². The van der Waals surface area contributed by atoms with Crippen molar-refractivity contribution < 1.29 is 24.4 Å². The highest BCUT2D eigenvalue weighted by molar-refractivity contribution is 9.09. The lowest BCUT2D eigenvalue weighted by molar-refractivity contribution is 0.183. The van der Waals surface area contributed by atoms with Crippen LogP contribution in [0.15, 0.2) is 164 Å². The molecule has 0 atom stereocenters. The molecule has 7 aromatic carbocycles. The molecule has 1 fully saturated rings. The molecule has 358 valence electrons. The summed E-state index contributed by atoms with van der Waals surface area (Å²) in [6.45, 7) is 13.2. The minimum Gasteiger partial charge on any atom is -0.508 e. The van der Waals surface area contributed by atoms with E-state index >= 15 is 0 Å². The molecular weight excluding hydrogens is 935 g/mol. The Morgan fingerprint density at radius 3 is 1.57 bits per heavy atom. The molecule has 0 radical (unpaired) electrons. The van der Waals surface area contributed by atoms with Crippen molar-refractivity contribution in [2.45, 2.75) is 59.7 Å². The van der Waals surface area contributed by atoms with E-state index in [9.17, 15) is 10.2 Å².